The van der Waals surface area contributed by atoms with Crippen molar-refractivity contribution in [3.05, 3.63) is 0 Å². The summed E-state index contributed by atoms with van der Waals surface area (Å²) in [6, 6.07) is 0. The predicted molar refractivity (Wildman–Crippen MR) is 171 cm³/mol. The van der Waals surface area contributed by atoms with Crippen LogP contribution in [-0.4, -0.2) is 0 Å². The summed E-state index contributed by atoms with van der Waals surface area (Å²) in [6.45, 7) is 16.9. The van der Waals surface area contributed by atoms with Crippen molar-refractivity contribution in [2.75, 3.05) is 0 Å². The van der Waals surface area contributed by atoms with Gasteiger partial charge in [-0.1, -0.05) is 131 Å². The molecule has 0 radical (unpaired) electrons. The lowest BCUT2D eigenvalue weighted by Gasteiger charge is -2.76. The van der Waals surface area contributed by atoms with Crippen LogP contribution in [0.3, 0.4) is 0 Å². The van der Waals surface area contributed by atoms with Crippen LogP contribution in [0.4, 0.5) is 0 Å². The molecule has 5 aliphatic carbocycles. The SMILES string of the molecule is CCCCCCC1C2C(CCCC2(C)C2CCCCC2)C(C)(C2CCCCC2)C(C)(C)C1(C)C1CCCCC1. The molecule has 0 aromatic rings. The summed E-state index contributed by atoms with van der Waals surface area (Å²) < 4.78 is 0. The Labute approximate surface area is 246 Å². The van der Waals surface area contributed by atoms with Gasteiger partial charge in [0.15, 0.2) is 0 Å². The molecule has 6 unspecified atom stereocenters. The maximum absolute atomic E-state index is 2.95. The smallest absolute Gasteiger partial charge is 0.0210 e. The molecule has 0 aliphatic heterocycles. The van der Waals surface area contributed by atoms with Gasteiger partial charge in [0.2, 0.25) is 0 Å². The molecule has 0 saturated heterocycles. The average molecular weight is 539 g/mol. The first-order valence-electron chi connectivity index (χ1n) is 18.7. The zero-order valence-electron chi connectivity index (χ0n) is 27.7. The number of fused-ring (bicyclic) bond motifs is 1. The van der Waals surface area contributed by atoms with E-state index in [1.807, 2.05) is 0 Å². The third-order valence-electron chi connectivity index (χ3n) is 15.9. The van der Waals surface area contributed by atoms with Crippen LogP contribution in [0.25, 0.3) is 0 Å². The summed E-state index contributed by atoms with van der Waals surface area (Å²) in [5, 5.41) is 0. The summed E-state index contributed by atoms with van der Waals surface area (Å²) >= 11 is 0. The minimum absolute atomic E-state index is 0.422. The van der Waals surface area contributed by atoms with Crippen molar-refractivity contribution in [3.63, 3.8) is 0 Å². The van der Waals surface area contributed by atoms with Crippen LogP contribution in [0.2, 0.25) is 0 Å². The quantitative estimate of drug-likeness (QED) is 0.269. The molecule has 5 saturated carbocycles. The fraction of sp³-hybridized carbons (Fsp3) is 1.00. The Hall–Kier alpha value is 0. The summed E-state index contributed by atoms with van der Waals surface area (Å²) in [7, 11) is 0. The Morgan fingerprint density at radius 2 is 1.03 bits per heavy atom. The molecule has 6 atom stereocenters. The highest BCUT2D eigenvalue weighted by Gasteiger charge is 2.71. The van der Waals surface area contributed by atoms with Gasteiger partial charge in [0.25, 0.3) is 0 Å². The van der Waals surface area contributed by atoms with Gasteiger partial charge in [0.1, 0.15) is 0 Å². The molecule has 0 nitrogen and oxygen atoms in total. The number of hydrogen-bond donors (Lipinski definition) is 0. The van der Waals surface area contributed by atoms with Gasteiger partial charge in [-0.25, -0.2) is 0 Å². The Morgan fingerprint density at radius 3 is 1.56 bits per heavy atom. The van der Waals surface area contributed by atoms with Crippen LogP contribution < -0.4 is 0 Å². The zero-order valence-corrected chi connectivity index (χ0v) is 27.7. The normalized spacial score (nSPS) is 42.8. The van der Waals surface area contributed by atoms with Gasteiger partial charge in [-0.3, -0.25) is 0 Å². The van der Waals surface area contributed by atoms with E-state index in [1.165, 1.54) is 116 Å². The number of rotatable bonds is 8. The molecule has 0 amide bonds. The van der Waals surface area contributed by atoms with Gasteiger partial charge >= 0.3 is 0 Å². The van der Waals surface area contributed by atoms with E-state index in [9.17, 15) is 0 Å². The first-order valence-corrected chi connectivity index (χ1v) is 18.7. The van der Waals surface area contributed by atoms with Gasteiger partial charge in [0, 0.05) is 0 Å². The maximum atomic E-state index is 2.95. The highest BCUT2D eigenvalue weighted by molar-refractivity contribution is 5.19. The number of hydrogen-bond acceptors (Lipinski definition) is 0. The number of unbranched alkanes of at least 4 members (excludes halogenated alkanes) is 3. The molecule has 0 N–H and O–H groups in total. The molecule has 5 rings (SSSR count). The fourth-order valence-corrected chi connectivity index (χ4v) is 13.3. The van der Waals surface area contributed by atoms with Crippen molar-refractivity contribution in [1.29, 1.82) is 0 Å². The van der Waals surface area contributed by atoms with Crippen LogP contribution in [0.5, 0.6) is 0 Å². The summed E-state index contributed by atoms with van der Waals surface area (Å²) in [4.78, 5) is 0. The van der Waals surface area contributed by atoms with Crippen molar-refractivity contribution in [3.8, 4) is 0 Å². The summed E-state index contributed by atoms with van der Waals surface area (Å²) in [5.41, 5.74) is 1.99. The van der Waals surface area contributed by atoms with E-state index in [4.69, 9.17) is 0 Å². The van der Waals surface area contributed by atoms with E-state index in [0.717, 1.165) is 35.5 Å². The van der Waals surface area contributed by atoms with Gasteiger partial charge < -0.3 is 0 Å². The second-order valence-corrected chi connectivity index (χ2v) is 17.2. The van der Waals surface area contributed by atoms with Gasteiger partial charge in [-0.15, -0.1) is 0 Å². The largest absolute Gasteiger partial charge is 0.0654 e. The Kier molecular flexibility index (Phi) is 9.62. The van der Waals surface area contributed by atoms with Crippen LogP contribution in [0.15, 0.2) is 0 Å². The molecule has 0 heterocycles. The van der Waals surface area contributed by atoms with Crippen molar-refractivity contribution in [1.82, 2.24) is 0 Å². The third-order valence-corrected chi connectivity index (χ3v) is 15.9. The summed E-state index contributed by atoms with van der Waals surface area (Å²) in [6.07, 6.45) is 34.8. The van der Waals surface area contributed by atoms with Crippen molar-refractivity contribution in [2.45, 2.75) is 189 Å². The summed E-state index contributed by atoms with van der Waals surface area (Å²) in [5.74, 6) is 5.81. The second kappa shape index (κ2) is 12.3. The van der Waals surface area contributed by atoms with E-state index in [0.29, 0.717) is 21.7 Å². The molecule has 0 bridgehead atoms. The van der Waals surface area contributed by atoms with E-state index < -0.39 is 0 Å². The van der Waals surface area contributed by atoms with Crippen LogP contribution in [0.1, 0.15) is 189 Å². The topological polar surface area (TPSA) is 0 Å². The molecule has 39 heavy (non-hydrogen) atoms. The molecule has 0 heteroatoms. The maximum Gasteiger partial charge on any atom is -0.0210 e. The van der Waals surface area contributed by atoms with Crippen molar-refractivity contribution in [2.24, 2.45) is 57.2 Å². The molecule has 0 aromatic heterocycles. The first-order chi connectivity index (χ1) is 18.7. The Balaban J connectivity index is 1.65. The second-order valence-electron chi connectivity index (χ2n) is 17.2. The highest BCUT2D eigenvalue weighted by Crippen LogP contribution is 2.78. The van der Waals surface area contributed by atoms with Crippen LogP contribution >= 0.6 is 0 Å². The minimum Gasteiger partial charge on any atom is -0.0654 e. The monoisotopic (exact) mass is 539 g/mol. The lowest BCUT2D eigenvalue weighted by atomic mass is 9.29. The van der Waals surface area contributed by atoms with E-state index >= 15 is 0 Å². The highest BCUT2D eigenvalue weighted by atomic mass is 14.8. The predicted octanol–water partition coefficient (Wildman–Crippen LogP) is 12.8. The van der Waals surface area contributed by atoms with Crippen molar-refractivity contribution >= 4 is 0 Å². The molecule has 226 valence electrons. The fourth-order valence-electron chi connectivity index (χ4n) is 13.3. The Morgan fingerprint density at radius 1 is 0.513 bits per heavy atom. The molecular weight excluding hydrogens is 468 g/mol. The van der Waals surface area contributed by atoms with Crippen LogP contribution in [-0.2, 0) is 0 Å². The van der Waals surface area contributed by atoms with Crippen LogP contribution in [0, 0.1) is 57.2 Å². The Bertz CT molecular complexity index is 761. The van der Waals surface area contributed by atoms with Gasteiger partial charge in [-0.05, 0) is 115 Å². The molecule has 5 fully saturated rings. The average Bonchev–Trinajstić information content (AvgIpc) is 2.97. The zero-order chi connectivity index (χ0) is 27.7. The van der Waals surface area contributed by atoms with Gasteiger partial charge in [0.05, 0.1) is 0 Å². The first kappa shape index (κ1) is 30.5. The van der Waals surface area contributed by atoms with E-state index in [-0.39, 0.29) is 0 Å². The van der Waals surface area contributed by atoms with Gasteiger partial charge in [-0.2, -0.15) is 0 Å². The van der Waals surface area contributed by atoms with E-state index in [1.54, 1.807) is 32.1 Å². The van der Waals surface area contributed by atoms with E-state index in [2.05, 4.69) is 41.5 Å². The molecule has 5 aliphatic rings. The third kappa shape index (κ3) is 5.02. The molecule has 0 spiro atoms. The lowest BCUT2D eigenvalue weighted by molar-refractivity contribution is -0.278. The minimum atomic E-state index is 0.422. The standard InChI is InChI=1S/C39H70/c1-7-8-9-19-27-33-35-34(28-20-29-37(35,4)30-21-13-10-14-22-30)39(6,32-25-17-12-18-26-32)36(2,3)38(33,5)31-23-15-11-16-24-31/h30-35H,7-29H2,1-6H3. The van der Waals surface area contributed by atoms with Crippen molar-refractivity contribution < 1.29 is 0 Å². The molecular formula is C39H70. The lowest BCUT2D eigenvalue weighted by Crippen LogP contribution is -2.70. The molecule has 0 aromatic carbocycles.